The van der Waals surface area contributed by atoms with Gasteiger partial charge in [-0.25, -0.2) is 4.98 Å². The van der Waals surface area contributed by atoms with Gasteiger partial charge < -0.3 is 9.64 Å². The summed E-state index contributed by atoms with van der Waals surface area (Å²) in [5, 5.41) is 9.54. The second kappa shape index (κ2) is 7.65. The Morgan fingerprint density at radius 1 is 1.33 bits per heavy atom. The molecule has 98 valence electrons. The summed E-state index contributed by atoms with van der Waals surface area (Å²) in [6.45, 7) is 1.58. The van der Waals surface area contributed by atoms with Crippen LogP contribution in [-0.2, 0) is 4.74 Å². The number of nitriles is 1. The summed E-state index contributed by atoms with van der Waals surface area (Å²) in [6.07, 6.45) is 0.363. The fraction of sp³-hybridized carbons (Fsp3) is 0.455. The van der Waals surface area contributed by atoms with Gasteiger partial charge in [-0.15, -0.1) is 0 Å². The standard InChI is InChI=1S/C11H12Cl3N3O/c1-18-6-5-17(4-2-3-15)11-9(13)7-8(12)10(14)16-11/h7H,2,4-6H2,1H3. The summed E-state index contributed by atoms with van der Waals surface area (Å²) < 4.78 is 5.01. The van der Waals surface area contributed by atoms with Crippen LogP contribution >= 0.6 is 34.8 Å². The monoisotopic (exact) mass is 307 g/mol. The Balaban J connectivity index is 2.96. The molecule has 0 saturated carbocycles. The highest BCUT2D eigenvalue weighted by Crippen LogP contribution is 2.31. The molecule has 4 nitrogen and oxygen atoms in total. The van der Waals surface area contributed by atoms with E-state index in [9.17, 15) is 0 Å². The fourth-order valence-corrected chi connectivity index (χ4v) is 1.98. The predicted molar refractivity (Wildman–Crippen MR) is 73.6 cm³/mol. The van der Waals surface area contributed by atoms with Crippen LogP contribution in [-0.4, -0.2) is 31.8 Å². The van der Waals surface area contributed by atoms with Gasteiger partial charge >= 0.3 is 0 Å². The minimum atomic E-state index is 0.190. The number of ether oxygens (including phenoxy) is 1. The molecule has 0 amide bonds. The average molecular weight is 309 g/mol. The quantitative estimate of drug-likeness (QED) is 0.756. The third-order valence-corrected chi connectivity index (χ3v) is 3.18. The molecule has 0 unspecified atom stereocenters. The molecule has 1 aromatic rings. The van der Waals surface area contributed by atoms with Gasteiger partial charge in [0.2, 0.25) is 0 Å². The van der Waals surface area contributed by atoms with Crippen molar-refractivity contribution in [3.63, 3.8) is 0 Å². The Morgan fingerprint density at radius 3 is 2.67 bits per heavy atom. The molecule has 0 aromatic carbocycles. The van der Waals surface area contributed by atoms with Crippen LogP contribution in [0, 0.1) is 11.3 Å². The second-order valence-electron chi connectivity index (χ2n) is 3.45. The molecule has 0 fully saturated rings. The number of anilines is 1. The lowest BCUT2D eigenvalue weighted by Crippen LogP contribution is -2.29. The zero-order valence-electron chi connectivity index (χ0n) is 9.79. The van der Waals surface area contributed by atoms with Crippen molar-refractivity contribution in [2.45, 2.75) is 6.42 Å². The summed E-state index contributed by atoms with van der Waals surface area (Å²) >= 11 is 17.8. The summed E-state index contributed by atoms with van der Waals surface area (Å²) in [5.74, 6) is 0.512. The molecule has 1 rings (SSSR count). The van der Waals surface area contributed by atoms with Gasteiger partial charge in [0, 0.05) is 20.2 Å². The van der Waals surface area contributed by atoms with Crippen LogP contribution in [0.4, 0.5) is 5.82 Å². The lowest BCUT2D eigenvalue weighted by Gasteiger charge is -2.23. The number of rotatable bonds is 6. The van der Waals surface area contributed by atoms with Crippen molar-refractivity contribution in [3.8, 4) is 6.07 Å². The van der Waals surface area contributed by atoms with Crippen LogP contribution in [0.1, 0.15) is 6.42 Å². The molecule has 0 N–H and O–H groups in total. The van der Waals surface area contributed by atoms with E-state index in [-0.39, 0.29) is 5.15 Å². The van der Waals surface area contributed by atoms with Gasteiger partial charge in [0.15, 0.2) is 0 Å². The Hall–Kier alpha value is -0.730. The van der Waals surface area contributed by atoms with E-state index >= 15 is 0 Å². The van der Waals surface area contributed by atoms with Crippen LogP contribution in [0.3, 0.4) is 0 Å². The Kier molecular flexibility index (Phi) is 6.51. The smallest absolute Gasteiger partial charge is 0.150 e. The average Bonchev–Trinajstić information content (AvgIpc) is 2.35. The molecule has 18 heavy (non-hydrogen) atoms. The van der Waals surface area contributed by atoms with Gasteiger partial charge in [-0.3, -0.25) is 0 Å². The van der Waals surface area contributed by atoms with Crippen LogP contribution in [0.5, 0.6) is 0 Å². The highest BCUT2D eigenvalue weighted by Gasteiger charge is 2.14. The molecule has 0 spiro atoms. The van der Waals surface area contributed by atoms with Gasteiger partial charge in [0.25, 0.3) is 0 Å². The fourth-order valence-electron chi connectivity index (χ4n) is 1.37. The van der Waals surface area contributed by atoms with E-state index in [4.69, 9.17) is 44.8 Å². The van der Waals surface area contributed by atoms with Gasteiger partial charge in [-0.2, -0.15) is 5.26 Å². The number of nitrogens with zero attached hydrogens (tertiary/aromatic N) is 3. The van der Waals surface area contributed by atoms with E-state index in [1.807, 2.05) is 4.90 Å². The number of halogens is 3. The summed E-state index contributed by atoms with van der Waals surface area (Å²) in [4.78, 5) is 5.99. The number of hydrogen-bond acceptors (Lipinski definition) is 4. The van der Waals surface area contributed by atoms with Crippen molar-refractivity contribution in [1.82, 2.24) is 4.98 Å². The van der Waals surface area contributed by atoms with Crippen LogP contribution in [0.25, 0.3) is 0 Å². The van der Waals surface area contributed by atoms with Crippen LogP contribution in [0.15, 0.2) is 6.07 Å². The molecule has 0 bridgehead atoms. The van der Waals surface area contributed by atoms with E-state index in [1.165, 1.54) is 0 Å². The van der Waals surface area contributed by atoms with E-state index < -0.39 is 0 Å². The molecule has 1 heterocycles. The first kappa shape index (κ1) is 15.3. The molecule has 0 aliphatic carbocycles. The maximum absolute atomic E-state index is 8.65. The zero-order chi connectivity index (χ0) is 13.5. The normalized spacial score (nSPS) is 10.2. The van der Waals surface area contributed by atoms with Gasteiger partial charge in [-0.05, 0) is 6.07 Å². The number of aromatic nitrogens is 1. The topological polar surface area (TPSA) is 49.1 Å². The van der Waals surface area contributed by atoms with Crippen molar-refractivity contribution < 1.29 is 4.74 Å². The van der Waals surface area contributed by atoms with Crippen molar-refractivity contribution in [3.05, 3.63) is 21.3 Å². The van der Waals surface area contributed by atoms with Gasteiger partial charge in [0.1, 0.15) is 11.0 Å². The molecule has 0 saturated heterocycles. The first-order valence-electron chi connectivity index (χ1n) is 5.22. The summed E-state index contributed by atoms with van der Waals surface area (Å²) in [5.41, 5.74) is 0. The van der Waals surface area contributed by atoms with Crippen molar-refractivity contribution >= 4 is 40.6 Å². The lowest BCUT2D eigenvalue weighted by molar-refractivity contribution is 0.205. The predicted octanol–water partition coefficient (Wildman–Crippen LogP) is 3.41. The van der Waals surface area contributed by atoms with Gasteiger partial charge in [0.05, 0.1) is 29.1 Å². The maximum Gasteiger partial charge on any atom is 0.150 e. The van der Waals surface area contributed by atoms with E-state index in [1.54, 1.807) is 13.2 Å². The molecular weight excluding hydrogens is 296 g/mol. The molecule has 0 aliphatic heterocycles. The number of methoxy groups -OCH3 is 1. The van der Waals surface area contributed by atoms with E-state index in [2.05, 4.69) is 11.1 Å². The molecule has 0 atom stereocenters. The maximum atomic E-state index is 8.65. The zero-order valence-corrected chi connectivity index (χ0v) is 12.1. The first-order chi connectivity index (χ1) is 8.60. The third kappa shape index (κ3) is 4.18. The lowest BCUT2D eigenvalue weighted by atomic mass is 10.3. The molecule has 1 aromatic heterocycles. The van der Waals surface area contributed by atoms with Crippen LogP contribution in [0.2, 0.25) is 15.2 Å². The minimum Gasteiger partial charge on any atom is -0.383 e. The Labute approximate surface area is 121 Å². The largest absolute Gasteiger partial charge is 0.383 e. The second-order valence-corrected chi connectivity index (χ2v) is 4.63. The van der Waals surface area contributed by atoms with Crippen molar-refractivity contribution in [2.24, 2.45) is 0 Å². The highest BCUT2D eigenvalue weighted by atomic mass is 35.5. The van der Waals surface area contributed by atoms with Crippen molar-refractivity contribution in [1.29, 1.82) is 5.26 Å². The SMILES string of the molecule is COCCN(CCC#N)c1nc(Cl)c(Cl)cc1Cl. The molecular formula is C11H12Cl3N3O. The first-order valence-corrected chi connectivity index (χ1v) is 6.36. The summed E-state index contributed by atoms with van der Waals surface area (Å²) in [6, 6.07) is 3.62. The highest BCUT2D eigenvalue weighted by molar-refractivity contribution is 6.42. The Bertz CT molecular complexity index is 448. The van der Waals surface area contributed by atoms with Gasteiger partial charge in [-0.1, -0.05) is 34.8 Å². The van der Waals surface area contributed by atoms with E-state index in [0.717, 1.165) is 0 Å². The Morgan fingerprint density at radius 2 is 2.06 bits per heavy atom. The molecule has 7 heteroatoms. The van der Waals surface area contributed by atoms with Crippen molar-refractivity contribution in [2.75, 3.05) is 31.7 Å². The van der Waals surface area contributed by atoms with Crippen LogP contribution < -0.4 is 4.90 Å². The molecule has 0 aliphatic rings. The number of pyridine rings is 1. The van der Waals surface area contributed by atoms with E-state index in [0.29, 0.717) is 42.0 Å². The third-order valence-electron chi connectivity index (χ3n) is 2.23. The number of hydrogen-bond donors (Lipinski definition) is 0. The molecule has 0 radical (unpaired) electrons. The minimum absolute atomic E-state index is 0.190. The summed E-state index contributed by atoms with van der Waals surface area (Å²) in [7, 11) is 1.60.